The van der Waals surface area contributed by atoms with Crippen LogP contribution >= 0.6 is 0 Å². The lowest BCUT2D eigenvalue weighted by atomic mass is 9.80. The number of likely N-dealkylation sites (tertiary alicyclic amines) is 1. The number of carbonyl (C=O) groups excluding carboxylic acids is 1. The molecule has 0 aliphatic carbocycles. The third-order valence-corrected chi connectivity index (χ3v) is 6.37. The number of carbonyl (C=O) groups is 1. The van der Waals surface area contributed by atoms with Gasteiger partial charge in [0.25, 0.3) is 0 Å². The molecule has 0 radical (unpaired) electrons. The Kier molecular flexibility index (Phi) is 7.58. The molecule has 0 saturated carbocycles. The Hall–Kier alpha value is -3.15. The van der Waals surface area contributed by atoms with Gasteiger partial charge in [-0.2, -0.15) is 0 Å². The molecule has 5 nitrogen and oxygen atoms in total. The summed E-state index contributed by atoms with van der Waals surface area (Å²) in [6, 6.07) is 30.6. The van der Waals surface area contributed by atoms with Crippen LogP contribution in [-0.2, 0) is 19.8 Å². The number of rotatable bonds is 7. The number of amides is 1. The molecule has 184 valence electrons. The van der Waals surface area contributed by atoms with Gasteiger partial charge in [0, 0.05) is 7.11 Å². The van der Waals surface area contributed by atoms with Crippen LogP contribution in [0.2, 0.25) is 0 Å². The van der Waals surface area contributed by atoms with E-state index in [-0.39, 0.29) is 18.2 Å². The Morgan fingerprint density at radius 2 is 1.29 bits per heavy atom. The molecule has 1 heterocycles. The summed E-state index contributed by atoms with van der Waals surface area (Å²) in [5.74, 6) is 0. The van der Waals surface area contributed by atoms with Crippen molar-refractivity contribution >= 4 is 6.09 Å². The third-order valence-electron chi connectivity index (χ3n) is 6.37. The molecule has 5 heteroatoms. The first-order valence-corrected chi connectivity index (χ1v) is 12.2. The quantitative estimate of drug-likeness (QED) is 0.394. The van der Waals surface area contributed by atoms with Crippen LogP contribution in [0.25, 0.3) is 0 Å². The van der Waals surface area contributed by atoms with E-state index in [0.29, 0.717) is 19.6 Å². The predicted molar refractivity (Wildman–Crippen MR) is 137 cm³/mol. The van der Waals surface area contributed by atoms with E-state index in [1.54, 1.807) is 12.0 Å². The first kappa shape index (κ1) is 25.0. The Bertz CT molecular complexity index is 983. The number of hydrogen-bond donors (Lipinski definition) is 0. The third kappa shape index (κ3) is 5.58. The molecule has 1 aliphatic heterocycles. The van der Waals surface area contributed by atoms with Crippen LogP contribution in [-0.4, -0.2) is 49.0 Å². The highest BCUT2D eigenvalue weighted by Crippen LogP contribution is 2.41. The van der Waals surface area contributed by atoms with Gasteiger partial charge in [-0.1, -0.05) is 91.0 Å². The van der Waals surface area contributed by atoms with Gasteiger partial charge >= 0.3 is 6.09 Å². The smallest absolute Gasteiger partial charge is 0.410 e. The summed E-state index contributed by atoms with van der Waals surface area (Å²) in [6.45, 7) is 6.45. The van der Waals surface area contributed by atoms with Crippen LogP contribution in [0.3, 0.4) is 0 Å². The van der Waals surface area contributed by atoms with E-state index < -0.39 is 11.2 Å². The maximum absolute atomic E-state index is 13.1. The molecular weight excluding hydrogens is 438 g/mol. The van der Waals surface area contributed by atoms with Crippen molar-refractivity contribution in [3.8, 4) is 0 Å². The van der Waals surface area contributed by atoms with Gasteiger partial charge < -0.3 is 19.1 Å². The largest absolute Gasteiger partial charge is 0.444 e. The van der Waals surface area contributed by atoms with Crippen molar-refractivity contribution in [1.29, 1.82) is 0 Å². The van der Waals surface area contributed by atoms with Gasteiger partial charge in [-0.3, -0.25) is 0 Å². The van der Waals surface area contributed by atoms with Gasteiger partial charge in [0.2, 0.25) is 0 Å². The molecular formula is C30H35NO4. The van der Waals surface area contributed by atoms with Crippen LogP contribution < -0.4 is 0 Å². The average molecular weight is 474 g/mol. The van der Waals surface area contributed by atoms with Crippen LogP contribution in [0.4, 0.5) is 4.79 Å². The molecule has 3 aromatic rings. The topological polar surface area (TPSA) is 48.0 Å². The van der Waals surface area contributed by atoms with E-state index in [4.69, 9.17) is 14.2 Å². The van der Waals surface area contributed by atoms with Crippen molar-refractivity contribution in [2.45, 2.75) is 50.5 Å². The lowest BCUT2D eigenvalue weighted by molar-refractivity contribution is -0.0251. The molecule has 3 aromatic carbocycles. The van der Waals surface area contributed by atoms with Gasteiger partial charge in [-0.25, -0.2) is 4.79 Å². The Morgan fingerprint density at radius 3 is 1.69 bits per heavy atom. The summed E-state index contributed by atoms with van der Waals surface area (Å²) in [7, 11) is 1.68. The zero-order valence-electron chi connectivity index (χ0n) is 21.0. The minimum absolute atomic E-state index is 0.0595. The first-order valence-electron chi connectivity index (χ1n) is 12.2. The lowest BCUT2D eigenvalue weighted by Gasteiger charge is -2.38. The van der Waals surface area contributed by atoms with E-state index in [2.05, 4.69) is 36.4 Å². The molecule has 1 amide bonds. The van der Waals surface area contributed by atoms with Crippen molar-refractivity contribution in [1.82, 2.24) is 4.90 Å². The second kappa shape index (κ2) is 10.6. The lowest BCUT2D eigenvalue weighted by Crippen LogP contribution is -2.44. The molecule has 2 atom stereocenters. The van der Waals surface area contributed by atoms with Crippen molar-refractivity contribution in [3.05, 3.63) is 108 Å². The monoisotopic (exact) mass is 473 g/mol. The van der Waals surface area contributed by atoms with Crippen molar-refractivity contribution < 1.29 is 19.0 Å². The van der Waals surface area contributed by atoms with E-state index >= 15 is 0 Å². The molecule has 1 saturated heterocycles. The molecule has 0 N–H and O–H groups in total. The van der Waals surface area contributed by atoms with E-state index in [9.17, 15) is 4.79 Å². The number of methoxy groups -OCH3 is 1. The fraction of sp³-hybridized carbons (Fsp3) is 0.367. The summed E-state index contributed by atoms with van der Waals surface area (Å²) in [4.78, 5) is 14.8. The van der Waals surface area contributed by atoms with E-state index in [1.165, 1.54) is 0 Å². The average Bonchev–Trinajstić information content (AvgIpc) is 3.29. The van der Waals surface area contributed by atoms with E-state index in [0.717, 1.165) is 16.7 Å². The maximum Gasteiger partial charge on any atom is 0.410 e. The van der Waals surface area contributed by atoms with Gasteiger partial charge in [0.05, 0.1) is 25.3 Å². The molecule has 1 fully saturated rings. The number of ether oxygens (including phenoxy) is 3. The van der Waals surface area contributed by atoms with Crippen LogP contribution in [0.5, 0.6) is 0 Å². The Morgan fingerprint density at radius 1 is 0.829 bits per heavy atom. The highest BCUT2D eigenvalue weighted by molar-refractivity contribution is 5.69. The fourth-order valence-corrected chi connectivity index (χ4v) is 4.74. The SMILES string of the molecule is CO[C@@H]1C[C@@H](COC(c2ccccc2)(c2ccccc2)c2ccccc2)N(C(=O)OC(C)(C)C)C1. The second-order valence-corrected chi connectivity index (χ2v) is 9.97. The van der Waals surface area contributed by atoms with Crippen LogP contribution in [0.1, 0.15) is 43.9 Å². The molecule has 1 aliphatic rings. The zero-order valence-corrected chi connectivity index (χ0v) is 21.0. The Balaban J connectivity index is 1.73. The van der Waals surface area contributed by atoms with E-state index in [1.807, 2.05) is 75.4 Å². The molecule has 0 spiro atoms. The minimum Gasteiger partial charge on any atom is -0.444 e. The highest BCUT2D eigenvalue weighted by atomic mass is 16.6. The van der Waals surface area contributed by atoms with Crippen LogP contribution in [0.15, 0.2) is 91.0 Å². The summed E-state index contributed by atoms with van der Waals surface area (Å²) in [5, 5.41) is 0. The second-order valence-electron chi connectivity index (χ2n) is 9.97. The van der Waals surface area contributed by atoms with Gasteiger partial charge in [0.15, 0.2) is 0 Å². The normalized spacial score (nSPS) is 18.5. The summed E-state index contributed by atoms with van der Waals surface area (Å²) in [5.41, 5.74) is 1.68. The molecule has 0 aromatic heterocycles. The highest BCUT2D eigenvalue weighted by Gasteiger charge is 2.42. The van der Waals surface area contributed by atoms with Gasteiger partial charge in [-0.05, 0) is 43.9 Å². The Labute approximate surface area is 208 Å². The van der Waals surface area contributed by atoms with Crippen LogP contribution in [0, 0.1) is 0 Å². The summed E-state index contributed by atoms with van der Waals surface area (Å²) in [6.07, 6.45) is 0.288. The van der Waals surface area contributed by atoms with Crippen molar-refractivity contribution in [2.75, 3.05) is 20.3 Å². The summed E-state index contributed by atoms with van der Waals surface area (Å²) < 4.78 is 18.3. The number of benzene rings is 3. The first-order chi connectivity index (χ1) is 16.8. The molecule has 0 bridgehead atoms. The maximum atomic E-state index is 13.1. The summed E-state index contributed by atoms with van der Waals surface area (Å²) >= 11 is 0. The predicted octanol–water partition coefficient (Wildman–Crippen LogP) is 6.02. The van der Waals surface area contributed by atoms with Gasteiger partial charge in [0.1, 0.15) is 11.2 Å². The molecule has 0 unspecified atom stereocenters. The van der Waals surface area contributed by atoms with Crippen molar-refractivity contribution in [3.63, 3.8) is 0 Å². The number of nitrogens with zero attached hydrogens (tertiary/aromatic N) is 1. The standard InChI is InChI=1S/C30H35NO4/c1-29(2,3)35-28(32)31-21-27(33-4)20-26(31)22-34-30(23-14-8-5-9-15-23,24-16-10-6-11-17-24)25-18-12-7-13-19-25/h5-19,26-27H,20-22H2,1-4H3/t26-,27+/m0/s1. The van der Waals surface area contributed by atoms with Gasteiger partial charge in [-0.15, -0.1) is 0 Å². The number of hydrogen-bond acceptors (Lipinski definition) is 4. The fourth-order valence-electron chi connectivity index (χ4n) is 4.74. The van der Waals surface area contributed by atoms with Crippen molar-refractivity contribution in [2.24, 2.45) is 0 Å². The zero-order chi connectivity index (χ0) is 24.9. The molecule has 4 rings (SSSR count). The molecule has 35 heavy (non-hydrogen) atoms. The minimum atomic E-state index is -0.839.